The Hall–Kier alpha value is -2.87. The van der Waals surface area contributed by atoms with Gasteiger partial charge in [0.1, 0.15) is 11.9 Å². The van der Waals surface area contributed by atoms with Crippen LogP contribution in [0.15, 0.2) is 42.6 Å². The van der Waals surface area contributed by atoms with Gasteiger partial charge in [-0.15, -0.1) is 0 Å². The van der Waals surface area contributed by atoms with Crippen LogP contribution in [0.3, 0.4) is 0 Å². The maximum Gasteiger partial charge on any atom is 0.254 e. The van der Waals surface area contributed by atoms with Crippen LogP contribution in [0.4, 0.5) is 10.2 Å². The number of hydrogen-bond acceptors (Lipinski definition) is 5. The van der Waals surface area contributed by atoms with E-state index in [-0.39, 0.29) is 22.3 Å². The third-order valence-corrected chi connectivity index (χ3v) is 7.22. The number of ether oxygens (including phenoxy) is 1. The molecule has 0 spiro atoms. The van der Waals surface area contributed by atoms with E-state index < -0.39 is 11.9 Å². The molecule has 1 aliphatic rings. The number of aryl methyl sites for hydroxylation is 1. The van der Waals surface area contributed by atoms with Crippen molar-refractivity contribution in [3.8, 4) is 16.9 Å². The number of carbonyl (C=O) groups excluding carboxylic acids is 1. The first kappa shape index (κ1) is 26.2. The van der Waals surface area contributed by atoms with Crippen LogP contribution < -0.4 is 15.8 Å². The molecule has 0 bridgehead atoms. The minimum Gasteiger partial charge on any atom is -0.482 e. The smallest absolute Gasteiger partial charge is 0.254 e. The van der Waals surface area contributed by atoms with E-state index in [1.54, 1.807) is 19.2 Å². The molecule has 9 heteroatoms. The van der Waals surface area contributed by atoms with E-state index in [1.165, 1.54) is 12.1 Å². The zero-order valence-electron chi connectivity index (χ0n) is 20.7. The number of aromatic nitrogens is 1. The lowest BCUT2D eigenvalue weighted by atomic mass is 9.96. The second kappa shape index (κ2) is 10.2. The number of nitrogen functional groups attached to an aromatic ring is 1. The Morgan fingerprint density at radius 3 is 2.67 bits per heavy atom. The molecule has 1 fully saturated rings. The Kier molecular flexibility index (Phi) is 7.46. The normalized spacial score (nSPS) is 16.0. The summed E-state index contributed by atoms with van der Waals surface area (Å²) in [5, 5.41) is 3.54. The van der Waals surface area contributed by atoms with Crippen LogP contribution in [0.1, 0.15) is 48.4 Å². The average molecular weight is 531 g/mol. The van der Waals surface area contributed by atoms with Gasteiger partial charge in [0.25, 0.3) is 5.91 Å². The van der Waals surface area contributed by atoms with E-state index in [0.29, 0.717) is 28.4 Å². The van der Waals surface area contributed by atoms with Crippen LogP contribution in [0.2, 0.25) is 10.0 Å². The molecule has 1 saturated heterocycles. The van der Waals surface area contributed by atoms with Crippen LogP contribution in [0.5, 0.6) is 5.75 Å². The lowest BCUT2D eigenvalue weighted by molar-refractivity contribution is 0.0477. The summed E-state index contributed by atoms with van der Waals surface area (Å²) < 4.78 is 20.0. The minimum absolute atomic E-state index is 0.0164. The molecule has 3 aromatic rings. The van der Waals surface area contributed by atoms with Gasteiger partial charge in [0.2, 0.25) is 0 Å². The third-order valence-electron chi connectivity index (χ3n) is 6.51. The van der Waals surface area contributed by atoms with Gasteiger partial charge in [-0.2, -0.15) is 0 Å². The molecule has 36 heavy (non-hydrogen) atoms. The predicted molar refractivity (Wildman–Crippen MR) is 142 cm³/mol. The summed E-state index contributed by atoms with van der Waals surface area (Å²) in [5.74, 6) is -0.0705. The first-order valence-electron chi connectivity index (χ1n) is 11.7. The quantitative estimate of drug-likeness (QED) is 0.392. The molecule has 0 saturated carbocycles. The van der Waals surface area contributed by atoms with Gasteiger partial charge in [-0.25, -0.2) is 9.37 Å². The van der Waals surface area contributed by atoms with Crippen molar-refractivity contribution in [2.45, 2.75) is 39.3 Å². The number of nitrogens with one attached hydrogen (secondary N) is 1. The number of nitrogens with zero attached hydrogens (tertiary/aromatic N) is 2. The largest absolute Gasteiger partial charge is 0.482 e. The highest BCUT2D eigenvalue weighted by Crippen LogP contribution is 2.37. The summed E-state index contributed by atoms with van der Waals surface area (Å²) >= 11 is 12.4. The van der Waals surface area contributed by atoms with Gasteiger partial charge in [-0.1, -0.05) is 35.3 Å². The summed E-state index contributed by atoms with van der Waals surface area (Å²) in [6.45, 7) is 9.94. The number of carbonyl (C=O) groups is 1. The molecule has 2 heterocycles. The van der Waals surface area contributed by atoms with Crippen molar-refractivity contribution >= 4 is 34.9 Å². The summed E-state index contributed by atoms with van der Waals surface area (Å²) in [5.41, 5.74) is 9.27. The highest BCUT2D eigenvalue weighted by molar-refractivity contribution is 6.36. The topological polar surface area (TPSA) is 80.5 Å². The van der Waals surface area contributed by atoms with Crippen molar-refractivity contribution in [2.24, 2.45) is 0 Å². The molecular formula is C27H29Cl2FN4O2. The van der Waals surface area contributed by atoms with Gasteiger partial charge in [0, 0.05) is 47.5 Å². The minimum atomic E-state index is -0.677. The molecule has 3 N–H and O–H groups in total. The number of piperazine rings is 1. The zero-order valence-corrected chi connectivity index (χ0v) is 22.2. The molecule has 1 atom stereocenters. The standard InChI is InChI=1S/C27H29Cl2FN4O2/c1-15-11-17(5-6-19(15)26(35)34-10-9-32-14-27(34,3)4)18-12-22(25(31)33-13-18)36-16(2)23-20(28)7-8-21(30)24(23)29/h5-8,11-13,16,32H,9-10,14H2,1-4H3,(H2,31,33). The molecule has 1 unspecified atom stereocenters. The molecule has 0 radical (unpaired) electrons. The highest BCUT2D eigenvalue weighted by Gasteiger charge is 2.34. The van der Waals surface area contributed by atoms with Crippen molar-refractivity contribution < 1.29 is 13.9 Å². The monoisotopic (exact) mass is 530 g/mol. The van der Waals surface area contributed by atoms with Gasteiger partial charge in [0.05, 0.1) is 10.6 Å². The fraction of sp³-hybridized carbons (Fsp3) is 0.333. The number of amides is 1. The second-order valence-electron chi connectivity index (χ2n) is 9.60. The fourth-order valence-corrected chi connectivity index (χ4v) is 5.14. The van der Waals surface area contributed by atoms with Crippen molar-refractivity contribution in [3.63, 3.8) is 0 Å². The van der Waals surface area contributed by atoms with Crippen LogP contribution in [0.25, 0.3) is 11.1 Å². The van der Waals surface area contributed by atoms with Crippen LogP contribution >= 0.6 is 23.2 Å². The predicted octanol–water partition coefficient (Wildman–Crippen LogP) is 6.05. The Morgan fingerprint density at radius 2 is 1.97 bits per heavy atom. The molecule has 6 nitrogen and oxygen atoms in total. The molecule has 0 aliphatic carbocycles. The molecule has 190 valence electrons. The Balaban J connectivity index is 1.60. The molecule has 1 amide bonds. The summed E-state index contributed by atoms with van der Waals surface area (Å²) in [6.07, 6.45) is 0.967. The van der Waals surface area contributed by atoms with Gasteiger partial charge >= 0.3 is 0 Å². The average Bonchev–Trinajstić information content (AvgIpc) is 2.82. The van der Waals surface area contributed by atoms with Crippen molar-refractivity contribution in [1.82, 2.24) is 15.2 Å². The van der Waals surface area contributed by atoms with Gasteiger partial charge < -0.3 is 20.7 Å². The van der Waals surface area contributed by atoms with Gasteiger partial charge in [0.15, 0.2) is 11.6 Å². The van der Waals surface area contributed by atoms with Crippen LogP contribution in [0, 0.1) is 12.7 Å². The fourth-order valence-electron chi connectivity index (χ4n) is 4.46. The number of benzene rings is 2. The van der Waals surface area contributed by atoms with Crippen LogP contribution in [-0.4, -0.2) is 41.0 Å². The highest BCUT2D eigenvalue weighted by atomic mass is 35.5. The van der Waals surface area contributed by atoms with E-state index in [4.69, 9.17) is 33.7 Å². The number of pyridine rings is 1. The Labute approximate surface area is 220 Å². The molecule has 2 aromatic carbocycles. The van der Waals surface area contributed by atoms with E-state index in [1.807, 2.05) is 30.0 Å². The third kappa shape index (κ3) is 5.14. The maximum atomic E-state index is 14.0. The number of halogens is 3. The van der Waals surface area contributed by atoms with E-state index in [0.717, 1.165) is 29.8 Å². The first-order valence-corrected chi connectivity index (χ1v) is 12.4. The van der Waals surface area contributed by atoms with Crippen molar-refractivity contribution in [2.75, 3.05) is 25.4 Å². The Bertz CT molecular complexity index is 1320. The van der Waals surface area contributed by atoms with Gasteiger partial charge in [-0.3, -0.25) is 4.79 Å². The summed E-state index contributed by atoms with van der Waals surface area (Å²) in [7, 11) is 0. The maximum absolute atomic E-state index is 14.0. The van der Waals surface area contributed by atoms with Gasteiger partial charge in [-0.05, 0) is 63.1 Å². The number of anilines is 1. The zero-order chi connectivity index (χ0) is 26.2. The lowest BCUT2D eigenvalue weighted by Gasteiger charge is -2.43. The molecule has 1 aromatic heterocycles. The lowest BCUT2D eigenvalue weighted by Crippen LogP contribution is -2.59. The Morgan fingerprint density at radius 1 is 1.22 bits per heavy atom. The molecule has 1 aliphatic heterocycles. The van der Waals surface area contributed by atoms with E-state index >= 15 is 0 Å². The number of hydrogen-bond donors (Lipinski definition) is 2. The molecular weight excluding hydrogens is 502 g/mol. The van der Waals surface area contributed by atoms with E-state index in [9.17, 15) is 9.18 Å². The first-order chi connectivity index (χ1) is 17.0. The second-order valence-corrected chi connectivity index (χ2v) is 10.4. The van der Waals surface area contributed by atoms with Crippen molar-refractivity contribution in [1.29, 1.82) is 0 Å². The van der Waals surface area contributed by atoms with Crippen LogP contribution in [-0.2, 0) is 0 Å². The number of rotatable bonds is 5. The SMILES string of the molecule is Cc1cc(-c2cnc(N)c(OC(C)c3c(Cl)ccc(F)c3Cl)c2)ccc1C(=O)N1CCNCC1(C)C. The van der Waals surface area contributed by atoms with Crippen molar-refractivity contribution in [3.05, 3.63) is 75.1 Å². The van der Waals surface area contributed by atoms with E-state index in [2.05, 4.69) is 24.1 Å². The molecule has 4 rings (SSSR count). The summed E-state index contributed by atoms with van der Waals surface area (Å²) in [6, 6.07) is 10.1. The summed E-state index contributed by atoms with van der Waals surface area (Å²) in [4.78, 5) is 19.5. The number of nitrogens with two attached hydrogens (primary N) is 1.